The summed E-state index contributed by atoms with van der Waals surface area (Å²) in [4.78, 5) is 27.9. The zero-order valence-electron chi connectivity index (χ0n) is 15.0. The molecule has 1 aliphatic heterocycles. The molecule has 0 fully saturated rings. The lowest BCUT2D eigenvalue weighted by molar-refractivity contribution is -0.137. The zero-order chi connectivity index (χ0) is 19.7. The second kappa shape index (κ2) is 7.15. The van der Waals surface area contributed by atoms with Crippen molar-refractivity contribution in [3.8, 4) is 17.1 Å². The minimum Gasteiger partial charge on any atom is -0.494 e. The highest BCUT2D eigenvalue weighted by atomic mass is 16.4. The number of benzene rings is 2. The van der Waals surface area contributed by atoms with Gasteiger partial charge in [0.1, 0.15) is 0 Å². The van der Waals surface area contributed by atoms with Gasteiger partial charge in [-0.3, -0.25) is 9.59 Å². The Labute approximate surface area is 161 Å². The molecule has 0 bridgehead atoms. The summed E-state index contributed by atoms with van der Waals surface area (Å²) >= 11 is 0. The Kier molecular flexibility index (Phi) is 4.53. The van der Waals surface area contributed by atoms with Gasteiger partial charge in [-0.25, -0.2) is 4.99 Å². The fourth-order valence-electron chi connectivity index (χ4n) is 3.56. The van der Waals surface area contributed by atoms with E-state index in [4.69, 9.17) is 5.11 Å². The minimum absolute atomic E-state index is 0.0237. The first kappa shape index (κ1) is 17.7. The van der Waals surface area contributed by atoms with Crippen LogP contribution in [-0.4, -0.2) is 32.4 Å². The number of aliphatic carboxylic acids is 1. The third-order valence-electron chi connectivity index (χ3n) is 4.77. The number of aromatic nitrogens is 1. The van der Waals surface area contributed by atoms with E-state index in [1.807, 2.05) is 60.7 Å². The van der Waals surface area contributed by atoms with Crippen molar-refractivity contribution in [1.82, 2.24) is 4.57 Å². The number of carboxylic acid groups (broad SMARTS) is 1. The normalized spacial score (nSPS) is 12.7. The van der Waals surface area contributed by atoms with E-state index in [1.54, 1.807) is 4.57 Å². The number of aromatic hydroxyl groups is 1. The highest BCUT2D eigenvalue weighted by Gasteiger charge is 2.35. The lowest BCUT2D eigenvalue weighted by atomic mass is 10.0. The fraction of sp³-hybridized carbons (Fsp3) is 0.136. The molecule has 0 spiro atoms. The summed E-state index contributed by atoms with van der Waals surface area (Å²) in [5, 5.41) is 19.9. The number of amides is 1. The highest BCUT2D eigenvalue weighted by molar-refractivity contribution is 6.30. The number of rotatable bonds is 6. The SMILES string of the molecule is O=C(O)CCCn1c(O)c2c(c1-c1ccccc1)C(=O)N=C2c1ccccc1. The maximum Gasteiger partial charge on any atom is 0.303 e. The number of carbonyl (C=O) groups is 2. The lowest BCUT2D eigenvalue weighted by Gasteiger charge is -2.11. The molecule has 6 heteroatoms. The summed E-state index contributed by atoms with van der Waals surface area (Å²) in [5.74, 6) is -1.37. The molecule has 4 rings (SSSR count). The van der Waals surface area contributed by atoms with E-state index in [2.05, 4.69) is 4.99 Å². The number of fused-ring (bicyclic) bond motifs is 1. The molecule has 2 aromatic carbocycles. The summed E-state index contributed by atoms with van der Waals surface area (Å²) in [7, 11) is 0. The van der Waals surface area contributed by atoms with Crippen LogP contribution < -0.4 is 0 Å². The second-order valence-electron chi connectivity index (χ2n) is 6.57. The van der Waals surface area contributed by atoms with Crippen LogP contribution in [0.25, 0.3) is 11.3 Å². The van der Waals surface area contributed by atoms with Crippen LogP contribution in [0, 0.1) is 0 Å². The van der Waals surface area contributed by atoms with Gasteiger partial charge < -0.3 is 14.8 Å². The van der Waals surface area contributed by atoms with E-state index in [1.165, 1.54) is 0 Å². The van der Waals surface area contributed by atoms with Gasteiger partial charge in [0.25, 0.3) is 5.91 Å². The van der Waals surface area contributed by atoms with E-state index in [0.29, 0.717) is 29.0 Å². The Morgan fingerprint density at radius 1 is 0.929 bits per heavy atom. The molecule has 0 aliphatic carbocycles. The third-order valence-corrected chi connectivity index (χ3v) is 4.77. The van der Waals surface area contributed by atoms with E-state index < -0.39 is 11.9 Å². The van der Waals surface area contributed by atoms with Crippen molar-refractivity contribution in [2.24, 2.45) is 4.99 Å². The highest BCUT2D eigenvalue weighted by Crippen LogP contribution is 2.41. The topological polar surface area (TPSA) is 91.9 Å². The van der Waals surface area contributed by atoms with Crippen molar-refractivity contribution in [3.63, 3.8) is 0 Å². The van der Waals surface area contributed by atoms with Crippen LogP contribution in [-0.2, 0) is 11.3 Å². The zero-order valence-corrected chi connectivity index (χ0v) is 15.0. The Bertz CT molecular complexity index is 1080. The van der Waals surface area contributed by atoms with E-state index in [0.717, 1.165) is 11.1 Å². The molecule has 0 radical (unpaired) electrons. The maximum atomic E-state index is 12.8. The maximum absolute atomic E-state index is 12.8. The summed E-state index contributed by atoms with van der Waals surface area (Å²) in [6.07, 6.45) is 0.312. The van der Waals surface area contributed by atoms with Crippen molar-refractivity contribution >= 4 is 17.6 Å². The van der Waals surface area contributed by atoms with Gasteiger partial charge in [-0.2, -0.15) is 0 Å². The van der Waals surface area contributed by atoms with Crippen LogP contribution in [0.4, 0.5) is 0 Å². The average molecular weight is 374 g/mol. The van der Waals surface area contributed by atoms with Crippen LogP contribution in [0.15, 0.2) is 65.7 Å². The summed E-state index contributed by atoms with van der Waals surface area (Å²) in [6, 6.07) is 18.5. The molecule has 1 aliphatic rings. The molecule has 0 saturated heterocycles. The Morgan fingerprint density at radius 2 is 1.54 bits per heavy atom. The van der Waals surface area contributed by atoms with Crippen LogP contribution in [0.3, 0.4) is 0 Å². The van der Waals surface area contributed by atoms with Gasteiger partial charge in [0, 0.05) is 18.5 Å². The molecule has 0 saturated carbocycles. The lowest BCUT2D eigenvalue weighted by Crippen LogP contribution is -2.06. The molecule has 1 aromatic heterocycles. The first-order valence-corrected chi connectivity index (χ1v) is 8.99. The summed E-state index contributed by atoms with van der Waals surface area (Å²) < 4.78 is 1.62. The first-order valence-electron chi connectivity index (χ1n) is 8.99. The van der Waals surface area contributed by atoms with Gasteiger partial charge >= 0.3 is 5.97 Å². The molecule has 2 heterocycles. The van der Waals surface area contributed by atoms with Gasteiger partial charge in [0.05, 0.1) is 22.5 Å². The largest absolute Gasteiger partial charge is 0.494 e. The summed E-state index contributed by atoms with van der Waals surface area (Å²) in [6.45, 7) is 0.282. The monoisotopic (exact) mass is 374 g/mol. The third kappa shape index (κ3) is 2.99. The van der Waals surface area contributed by atoms with Crippen molar-refractivity contribution in [2.45, 2.75) is 19.4 Å². The van der Waals surface area contributed by atoms with Crippen LogP contribution in [0.2, 0.25) is 0 Å². The van der Waals surface area contributed by atoms with Gasteiger partial charge in [-0.05, 0) is 12.0 Å². The molecule has 6 nitrogen and oxygen atoms in total. The molecule has 2 N–H and O–H groups in total. The number of hydrogen-bond acceptors (Lipinski definition) is 3. The van der Waals surface area contributed by atoms with Gasteiger partial charge in [-0.15, -0.1) is 0 Å². The second-order valence-corrected chi connectivity index (χ2v) is 6.57. The Morgan fingerprint density at radius 3 is 2.14 bits per heavy atom. The van der Waals surface area contributed by atoms with Gasteiger partial charge in [0.2, 0.25) is 5.88 Å². The average Bonchev–Trinajstić information content (AvgIpc) is 3.19. The van der Waals surface area contributed by atoms with Crippen LogP contribution in [0.1, 0.15) is 34.3 Å². The van der Waals surface area contributed by atoms with Crippen molar-refractivity contribution in [1.29, 1.82) is 0 Å². The standard InChI is InChI=1S/C22H18N2O4/c25-16(26)12-7-13-24-20(15-10-5-2-6-11-15)18-17(22(24)28)19(23-21(18)27)14-8-3-1-4-9-14/h1-6,8-11,28H,7,12-13H2,(H,25,26). The van der Waals surface area contributed by atoms with E-state index in [-0.39, 0.29) is 18.8 Å². The molecule has 1 amide bonds. The van der Waals surface area contributed by atoms with Crippen LogP contribution in [0.5, 0.6) is 5.88 Å². The van der Waals surface area contributed by atoms with Crippen molar-refractivity contribution < 1.29 is 19.8 Å². The van der Waals surface area contributed by atoms with Gasteiger partial charge in [-0.1, -0.05) is 60.7 Å². The predicted octanol–water partition coefficient (Wildman–Crippen LogP) is 3.72. The number of nitrogens with zero attached hydrogens (tertiary/aromatic N) is 2. The Hall–Kier alpha value is -3.67. The number of carbonyl (C=O) groups excluding carboxylic acids is 1. The Balaban J connectivity index is 1.88. The number of aliphatic imine (C=N–C) groups is 1. The summed E-state index contributed by atoms with van der Waals surface area (Å²) in [5.41, 5.74) is 3.29. The predicted molar refractivity (Wildman–Crippen MR) is 105 cm³/mol. The molecule has 0 atom stereocenters. The first-order chi connectivity index (χ1) is 13.6. The van der Waals surface area contributed by atoms with E-state index >= 15 is 0 Å². The molecule has 3 aromatic rings. The molecule has 28 heavy (non-hydrogen) atoms. The molecule has 140 valence electrons. The number of hydrogen-bond donors (Lipinski definition) is 2. The van der Waals surface area contributed by atoms with Crippen molar-refractivity contribution in [2.75, 3.05) is 0 Å². The van der Waals surface area contributed by atoms with Gasteiger partial charge in [0.15, 0.2) is 0 Å². The number of carboxylic acids is 1. The fourth-order valence-corrected chi connectivity index (χ4v) is 3.56. The molecule has 0 unspecified atom stereocenters. The quantitative estimate of drug-likeness (QED) is 0.688. The molecular weight excluding hydrogens is 356 g/mol. The van der Waals surface area contributed by atoms with Crippen LogP contribution >= 0.6 is 0 Å². The smallest absolute Gasteiger partial charge is 0.303 e. The molecular formula is C22H18N2O4. The minimum atomic E-state index is -0.900. The van der Waals surface area contributed by atoms with Crippen molar-refractivity contribution in [3.05, 3.63) is 77.4 Å². The van der Waals surface area contributed by atoms with E-state index in [9.17, 15) is 14.7 Å².